The first-order valence-corrected chi connectivity index (χ1v) is 7.90. The van der Waals surface area contributed by atoms with Crippen LogP contribution in [-0.4, -0.2) is 50.1 Å². The number of benzene rings is 1. The molecule has 0 aromatic heterocycles. The van der Waals surface area contributed by atoms with Gasteiger partial charge in [-0.25, -0.2) is 4.39 Å². The minimum atomic E-state index is -0.244. The highest BCUT2D eigenvalue weighted by Gasteiger charge is 2.26. The summed E-state index contributed by atoms with van der Waals surface area (Å²) in [7, 11) is 1.40. The van der Waals surface area contributed by atoms with Crippen molar-refractivity contribution >= 4 is 11.9 Å². The monoisotopic (exact) mass is 322 g/mol. The number of carbonyl (C=O) groups excluding carboxylic acids is 2. The van der Waals surface area contributed by atoms with E-state index in [0.717, 1.165) is 12.8 Å². The molecule has 1 aromatic carbocycles. The van der Waals surface area contributed by atoms with E-state index < -0.39 is 0 Å². The third-order valence-corrected chi connectivity index (χ3v) is 4.16. The van der Waals surface area contributed by atoms with E-state index in [-0.39, 0.29) is 23.6 Å². The fourth-order valence-corrected chi connectivity index (χ4v) is 2.79. The van der Waals surface area contributed by atoms with Crippen LogP contribution < -0.4 is 5.32 Å². The molecule has 1 saturated heterocycles. The normalized spacial score (nSPS) is 16.1. The molecule has 0 radical (unpaired) electrons. The number of hydrogen-bond acceptors (Lipinski definition) is 4. The molecule has 1 N–H and O–H groups in total. The molecule has 0 aliphatic carbocycles. The van der Waals surface area contributed by atoms with E-state index in [4.69, 9.17) is 4.74 Å². The molecule has 1 aliphatic rings. The zero-order valence-electron chi connectivity index (χ0n) is 13.4. The summed E-state index contributed by atoms with van der Waals surface area (Å²) in [6.45, 7) is 2.14. The summed E-state index contributed by atoms with van der Waals surface area (Å²) in [6.07, 6.45) is 1.91. The van der Waals surface area contributed by atoms with Gasteiger partial charge in [-0.1, -0.05) is 18.2 Å². The van der Waals surface area contributed by atoms with Crippen molar-refractivity contribution in [2.75, 3.05) is 33.3 Å². The second-order valence-electron chi connectivity index (χ2n) is 5.76. The Bertz CT molecular complexity index is 542. The average molecular weight is 322 g/mol. The van der Waals surface area contributed by atoms with Crippen molar-refractivity contribution in [2.45, 2.75) is 19.3 Å². The summed E-state index contributed by atoms with van der Waals surface area (Å²) in [4.78, 5) is 25.4. The smallest absolute Gasteiger partial charge is 0.308 e. The van der Waals surface area contributed by atoms with Crippen molar-refractivity contribution in [3.8, 4) is 0 Å². The quantitative estimate of drug-likeness (QED) is 0.804. The zero-order valence-corrected chi connectivity index (χ0v) is 13.4. The van der Waals surface area contributed by atoms with Crippen LogP contribution in [0.3, 0.4) is 0 Å². The van der Waals surface area contributed by atoms with Gasteiger partial charge in [0.25, 0.3) is 0 Å². The second-order valence-corrected chi connectivity index (χ2v) is 5.76. The summed E-state index contributed by atoms with van der Waals surface area (Å²) in [5.74, 6) is -0.538. The van der Waals surface area contributed by atoms with E-state index in [1.54, 1.807) is 18.2 Å². The molecule has 23 heavy (non-hydrogen) atoms. The van der Waals surface area contributed by atoms with Gasteiger partial charge in [-0.15, -0.1) is 0 Å². The minimum absolute atomic E-state index is 0.0552. The van der Waals surface area contributed by atoms with Gasteiger partial charge in [-0.2, -0.15) is 0 Å². The molecule has 0 atom stereocenters. The molecule has 5 nitrogen and oxygen atoms in total. The lowest BCUT2D eigenvalue weighted by molar-refractivity contribution is -0.147. The minimum Gasteiger partial charge on any atom is -0.469 e. The van der Waals surface area contributed by atoms with Crippen LogP contribution in [0.1, 0.15) is 18.4 Å². The number of piperidine rings is 1. The summed E-state index contributed by atoms with van der Waals surface area (Å²) in [6, 6.07) is 6.57. The Hall–Kier alpha value is -1.95. The van der Waals surface area contributed by atoms with Crippen molar-refractivity contribution in [1.29, 1.82) is 0 Å². The Morgan fingerprint density at radius 2 is 2.00 bits per heavy atom. The van der Waals surface area contributed by atoms with Crippen LogP contribution >= 0.6 is 0 Å². The van der Waals surface area contributed by atoms with Gasteiger partial charge in [-0.3, -0.25) is 14.5 Å². The molecule has 0 bridgehead atoms. The van der Waals surface area contributed by atoms with Crippen LogP contribution in [-0.2, 0) is 20.7 Å². The second kappa shape index (κ2) is 8.62. The van der Waals surface area contributed by atoms with Crippen LogP contribution in [0.5, 0.6) is 0 Å². The van der Waals surface area contributed by atoms with Crippen molar-refractivity contribution in [2.24, 2.45) is 5.92 Å². The highest BCUT2D eigenvalue weighted by Crippen LogP contribution is 2.17. The fourth-order valence-electron chi connectivity index (χ4n) is 2.79. The van der Waals surface area contributed by atoms with Gasteiger partial charge >= 0.3 is 5.97 Å². The van der Waals surface area contributed by atoms with Gasteiger partial charge in [0.1, 0.15) is 5.82 Å². The number of nitrogens with zero attached hydrogens (tertiary/aromatic N) is 1. The van der Waals surface area contributed by atoms with Gasteiger partial charge in [0.15, 0.2) is 0 Å². The molecule has 0 spiro atoms. The number of ether oxygens (including phenoxy) is 1. The molecular weight excluding hydrogens is 299 g/mol. The van der Waals surface area contributed by atoms with Gasteiger partial charge < -0.3 is 10.1 Å². The molecule has 2 rings (SSSR count). The highest BCUT2D eigenvalue weighted by molar-refractivity contribution is 5.78. The predicted molar refractivity (Wildman–Crippen MR) is 84.3 cm³/mol. The fraction of sp³-hybridized carbons (Fsp3) is 0.529. The van der Waals surface area contributed by atoms with E-state index in [1.165, 1.54) is 13.2 Å². The van der Waals surface area contributed by atoms with Crippen molar-refractivity contribution in [3.63, 3.8) is 0 Å². The first-order valence-electron chi connectivity index (χ1n) is 7.90. The highest BCUT2D eigenvalue weighted by atomic mass is 19.1. The maximum absolute atomic E-state index is 13.5. The van der Waals surface area contributed by atoms with Gasteiger partial charge in [0.05, 0.1) is 19.6 Å². The first kappa shape index (κ1) is 17.4. The Morgan fingerprint density at radius 1 is 1.30 bits per heavy atom. The molecule has 1 fully saturated rings. The lowest BCUT2D eigenvalue weighted by Crippen LogP contribution is -2.43. The molecule has 0 saturated carbocycles. The number of amides is 1. The number of esters is 1. The lowest BCUT2D eigenvalue weighted by atomic mass is 9.97. The summed E-state index contributed by atoms with van der Waals surface area (Å²) in [5.41, 5.74) is 0.603. The number of rotatable bonds is 6. The molecule has 1 heterocycles. The van der Waals surface area contributed by atoms with Crippen molar-refractivity contribution in [1.82, 2.24) is 10.2 Å². The molecule has 6 heteroatoms. The van der Waals surface area contributed by atoms with Gasteiger partial charge in [0, 0.05) is 6.54 Å². The van der Waals surface area contributed by atoms with E-state index >= 15 is 0 Å². The Kier molecular flexibility index (Phi) is 6.52. The van der Waals surface area contributed by atoms with Crippen LogP contribution in [0.15, 0.2) is 24.3 Å². The van der Waals surface area contributed by atoms with Crippen molar-refractivity contribution in [3.05, 3.63) is 35.6 Å². The number of nitrogens with one attached hydrogen (secondary N) is 1. The molecule has 1 aromatic rings. The summed E-state index contributed by atoms with van der Waals surface area (Å²) >= 11 is 0. The Balaban J connectivity index is 1.66. The van der Waals surface area contributed by atoms with Crippen LogP contribution in [0.4, 0.5) is 4.39 Å². The Morgan fingerprint density at radius 3 is 2.65 bits per heavy atom. The number of carbonyl (C=O) groups is 2. The van der Waals surface area contributed by atoms with E-state index in [1.807, 2.05) is 4.90 Å². The van der Waals surface area contributed by atoms with E-state index in [9.17, 15) is 14.0 Å². The zero-order chi connectivity index (χ0) is 16.7. The summed E-state index contributed by atoms with van der Waals surface area (Å²) in [5, 5.41) is 2.81. The van der Waals surface area contributed by atoms with E-state index in [2.05, 4.69) is 5.32 Å². The number of methoxy groups -OCH3 is 1. The summed E-state index contributed by atoms with van der Waals surface area (Å²) < 4.78 is 18.2. The molecule has 1 aliphatic heterocycles. The SMILES string of the molecule is COC(=O)C1CCN(CC(=O)NCCc2ccccc2F)CC1. The van der Waals surface area contributed by atoms with Crippen LogP contribution in [0, 0.1) is 11.7 Å². The molecule has 1 amide bonds. The van der Waals surface area contributed by atoms with Crippen LogP contribution in [0.25, 0.3) is 0 Å². The topological polar surface area (TPSA) is 58.6 Å². The first-order chi connectivity index (χ1) is 11.1. The lowest BCUT2D eigenvalue weighted by Gasteiger charge is -2.29. The average Bonchev–Trinajstić information content (AvgIpc) is 2.56. The number of hydrogen-bond donors (Lipinski definition) is 1. The Labute approximate surface area is 135 Å². The largest absolute Gasteiger partial charge is 0.469 e. The molecule has 0 unspecified atom stereocenters. The van der Waals surface area contributed by atoms with E-state index in [0.29, 0.717) is 38.2 Å². The van der Waals surface area contributed by atoms with Gasteiger partial charge in [-0.05, 0) is 44.0 Å². The number of halogens is 1. The number of likely N-dealkylation sites (tertiary alicyclic amines) is 1. The third kappa shape index (κ3) is 5.32. The van der Waals surface area contributed by atoms with Gasteiger partial charge in [0.2, 0.25) is 5.91 Å². The predicted octanol–water partition coefficient (Wildman–Crippen LogP) is 1.37. The molecule has 126 valence electrons. The van der Waals surface area contributed by atoms with Crippen LogP contribution in [0.2, 0.25) is 0 Å². The standard InChI is InChI=1S/C17H23FN2O3/c1-23-17(22)14-7-10-20(11-8-14)12-16(21)19-9-6-13-4-2-3-5-15(13)18/h2-5,14H,6-12H2,1H3,(H,19,21). The van der Waals surface area contributed by atoms with Crippen molar-refractivity contribution < 1.29 is 18.7 Å². The maximum atomic E-state index is 13.5. The molecular formula is C17H23FN2O3. The third-order valence-electron chi connectivity index (χ3n) is 4.16. The maximum Gasteiger partial charge on any atom is 0.308 e.